The van der Waals surface area contributed by atoms with E-state index in [2.05, 4.69) is 0 Å². The summed E-state index contributed by atoms with van der Waals surface area (Å²) in [5, 5.41) is 18.4. The normalized spacial score (nSPS) is 12.7. The number of rotatable bonds is 5. The van der Waals surface area contributed by atoms with Crippen molar-refractivity contribution in [2.45, 2.75) is 11.9 Å². The van der Waals surface area contributed by atoms with E-state index >= 15 is 0 Å². The molecular weight excluding hydrogens is 234 g/mol. The van der Waals surface area contributed by atoms with Crippen molar-refractivity contribution in [1.29, 1.82) is 0 Å². The van der Waals surface area contributed by atoms with E-state index in [0.717, 1.165) is 5.56 Å². The molecule has 15 heavy (non-hydrogen) atoms. The van der Waals surface area contributed by atoms with Gasteiger partial charge in [-0.1, -0.05) is 17.7 Å². The fraction of sp³-hybridized carbons (Fsp3) is 0.400. The number of anilines is 1. The first-order chi connectivity index (χ1) is 7.15. The summed E-state index contributed by atoms with van der Waals surface area (Å²) in [6.07, 6.45) is -0.682. The van der Waals surface area contributed by atoms with E-state index < -0.39 is 6.10 Å². The van der Waals surface area contributed by atoms with Crippen molar-refractivity contribution in [2.24, 2.45) is 0 Å². The zero-order valence-electron chi connectivity index (χ0n) is 8.19. The molecule has 0 spiro atoms. The Morgan fingerprint density at radius 1 is 1.47 bits per heavy atom. The second-order valence-corrected chi connectivity index (χ2v) is 4.60. The Labute approximate surface area is 98.2 Å². The minimum atomic E-state index is -0.682. The molecule has 0 heterocycles. The Morgan fingerprint density at radius 2 is 2.20 bits per heavy atom. The molecule has 0 aliphatic rings. The summed E-state index contributed by atoms with van der Waals surface area (Å²) < 4.78 is 0. The van der Waals surface area contributed by atoms with Gasteiger partial charge in [0.2, 0.25) is 0 Å². The number of halogens is 1. The van der Waals surface area contributed by atoms with Gasteiger partial charge in [0.25, 0.3) is 0 Å². The third kappa shape index (κ3) is 3.91. The maximum absolute atomic E-state index is 9.14. The first-order valence-corrected chi connectivity index (χ1v) is 6.08. The van der Waals surface area contributed by atoms with Crippen molar-refractivity contribution < 1.29 is 10.2 Å². The molecule has 0 saturated heterocycles. The highest BCUT2D eigenvalue weighted by atomic mass is 35.5. The summed E-state index contributed by atoms with van der Waals surface area (Å²) in [4.78, 5) is 0. The van der Waals surface area contributed by atoms with Gasteiger partial charge in [-0.3, -0.25) is 0 Å². The SMILES string of the molecule is Nc1cccc(Cl)c1CSCC(O)CO. The summed E-state index contributed by atoms with van der Waals surface area (Å²) in [5.41, 5.74) is 7.31. The molecule has 0 radical (unpaired) electrons. The smallest absolute Gasteiger partial charge is 0.0861 e. The minimum absolute atomic E-state index is 0.217. The van der Waals surface area contributed by atoms with Crippen molar-refractivity contribution in [1.82, 2.24) is 0 Å². The third-order valence-corrected chi connectivity index (χ3v) is 3.39. The monoisotopic (exact) mass is 247 g/mol. The van der Waals surface area contributed by atoms with Gasteiger partial charge in [-0.05, 0) is 12.1 Å². The van der Waals surface area contributed by atoms with Crippen molar-refractivity contribution in [2.75, 3.05) is 18.1 Å². The number of hydrogen-bond acceptors (Lipinski definition) is 4. The number of nitrogen functional groups attached to an aromatic ring is 1. The van der Waals surface area contributed by atoms with Crippen LogP contribution in [-0.4, -0.2) is 28.7 Å². The lowest BCUT2D eigenvalue weighted by atomic mass is 10.2. The number of benzene rings is 1. The highest BCUT2D eigenvalue weighted by Crippen LogP contribution is 2.26. The molecule has 0 fully saturated rings. The van der Waals surface area contributed by atoms with Crippen LogP contribution in [0.25, 0.3) is 0 Å². The Morgan fingerprint density at radius 3 is 2.80 bits per heavy atom. The van der Waals surface area contributed by atoms with Gasteiger partial charge in [-0.2, -0.15) is 11.8 Å². The first kappa shape index (κ1) is 12.6. The molecule has 84 valence electrons. The van der Waals surface area contributed by atoms with E-state index in [1.165, 1.54) is 11.8 Å². The van der Waals surface area contributed by atoms with E-state index in [9.17, 15) is 0 Å². The average Bonchev–Trinajstić information content (AvgIpc) is 2.22. The third-order valence-electron chi connectivity index (χ3n) is 1.92. The maximum atomic E-state index is 9.14. The molecule has 0 aliphatic carbocycles. The van der Waals surface area contributed by atoms with Crippen LogP contribution in [0.3, 0.4) is 0 Å². The van der Waals surface area contributed by atoms with E-state index in [4.69, 9.17) is 27.5 Å². The van der Waals surface area contributed by atoms with Crippen molar-refractivity contribution >= 4 is 29.1 Å². The molecule has 1 atom stereocenters. The molecule has 4 N–H and O–H groups in total. The molecule has 3 nitrogen and oxygen atoms in total. The molecule has 0 aromatic heterocycles. The van der Waals surface area contributed by atoms with E-state index in [1.807, 2.05) is 0 Å². The topological polar surface area (TPSA) is 66.5 Å². The summed E-state index contributed by atoms with van der Waals surface area (Å²) in [7, 11) is 0. The summed E-state index contributed by atoms with van der Waals surface area (Å²) in [6, 6.07) is 5.38. The highest BCUT2D eigenvalue weighted by molar-refractivity contribution is 7.98. The number of hydrogen-bond donors (Lipinski definition) is 3. The van der Waals surface area contributed by atoms with Gasteiger partial charge in [-0.15, -0.1) is 0 Å². The standard InChI is InChI=1S/C10H14ClNO2S/c11-9-2-1-3-10(12)8(9)6-15-5-7(14)4-13/h1-3,7,13-14H,4-6,12H2. The fourth-order valence-corrected chi connectivity index (χ4v) is 2.43. The molecule has 0 saturated carbocycles. The molecule has 1 aromatic carbocycles. The largest absolute Gasteiger partial charge is 0.398 e. The molecular formula is C10H14ClNO2S. The molecule has 5 heteroatoms. The van der Waals surface area contributed by atoms with Gasteiger partial charge in [0.15, 0.2) is 0 Å². The molecule has 0 amide bonds. The summed E-state index contributed by atoms with van der Waals surface area (Å²) in [6.45, 7) is -0.217. The second kappa shape index (κ2) is 6.23. The molecule has 1 aromatic rings. The Balaban J connectivity index is 2.50. The number of aliphatic hydroxyl groups excluding tert-OH is 2. The van der Waals surface area contributed by atoms with Crippen LogP contribution in [0.4, 0.5) is 5.69 Å². The molecule has 1 unspecified atom stereocenters. The van der Waals surface area contributed by atoms with Gasteiger partial charge in [0.05, 0.1) is 12.7 Å². The maximum Gasteiger partial charge on any atom is 0.0861 e. The Bertz CT molecular complexity index is 302. The predicted molar refractivity (Wildman–Crippen MR) is 65.1 cm³/mol. The number of thioether (sulfide) groups is 1. The van der Waals surface area contributed by atoms with Gasteiger partial charge in [0.1, 0.15) is 0 Å². The van der Waals surface area contributed by atoms with Crippen LogP contribution in [0.15, 0.2) is 18.2 Å². The van der Waals surface area contributed by atoms with Crippen LogP contribution in [0.1, 0.15) is 5.56 Å². The van der Waals surface area contributed by atoms with Gasteiger partial charge in [0, 0.05) is 27.8 Å². The minimum Gasteiger partial charge on any atom is -0.398 e. The van der Waals surface area contributed by atoms with Gasteiger partial charge < -0.3 is 15.9 Å². The van der Waals surface area contributed by atoms with Crippen molar-refractivity contribution in [3.8, 4) is 0 Å². The van der Waals surface area contributed by atoms with Crippen LogP contribution in [0.2, 0.25) is 5.02 Å². The van der Waals surface area contributed by atoms with Crippen LogP contribution >= 0.6 is 23.4 Å². The summed E-state index contributed by atoms with van der Waals surface area (Å²) >= 11 is 7.47. The Hall–Kier alpha value is -0.420. The first-order valence-electron chi connectivity index (χ1n) is 4.54. The van der Waals surface area contributed by atoms with E-state index in [0.29, 0.717) is 22.2 Å². The quantitative estimate of drug-likeness (QED) is 0.690. The van der Waals surface area contributed by atoms with Gasteiger partial charge in [-0.25, -0.2) is 0 Å². The van der Waals surface area contributed by atoms with Gasteiger partial charge >= 0.3 is 0 Å². The average molecular weight is 248 g/mol. The van der Waals surface area contributed by atoms with Crippen LogP contribution in [-0.2, 0) is 5.75 Å². The molecule has 0 aliphatic heterocycles. The number of aliphatic hydroxyl groups is 2. The van der Waals surface area contributed by atoms with Crippen LogP contribution in [0.5, 0.6) is 0 Å². The van der Waals surface area contributed by atoms with Crippen molar-refractivity contribution in [3.05, 3.63) is 28.8 Å². The summed E-state index contributed by atoms with van der Waals surface area (Å²) in [5.74, 6) is 1.11. The zero-order valence-corrected chi connectivity index (χ0v) is 9.76. The Kier molecular flexibility index (Phi) is 5.25. The lowest BCUT2D eigenvalue weighted by Gasteiger charge is -2.09. The highest BCUT2D eigenvalue weighted by Gasteiger charge is 2.06. The zero-order chi connectivity index (χ0) is 11.3. The molecule has 0 bridgehead atoms. The lowest BCUT2D eigenvalue weighted by molar-refractivity contribution is 0.113. The fourth-order valence-electron chi connectivity index (χ4n) is 1.08. The lowest BCUT2D eigenvalue weighted by Crippen LogP contribution is -2.14. The molecule has 1 rings (SSSR count). The van der Waals surface area contributed by atoms with Crippen LogP contribution < -0.4 is 5.73 Å². The van der Waals surface area contributed by atoms with E-state index in [1.54, 1.807) is 18.2 Å². The second-order valence-electron chi connectivity index (χ2n) is 3.16. The van der Waals surface area contributed by atoms with E-state index in [-0.39, 0.29) is 6.61 Å². The predicted octanol–water partition coefficient (Wildman–Crippen LogP) is 1.51. The number of nitrogens with two attached hydrogens (primary N) is 1. The van der Waals surface area contributed by atoms with Crippen LogP contribution in [0, 0.1) is 0 Å². The van der Waals surface area contributed by atoms with Crippen molar-refractivity contribution in [3.63, 3.8) is 0 Å².